The first kappa shape index (κ1) is 21.1. The SMILES string of the molecule is COC(=O)c1ccc(NC(=O)c2cccc(N3C(=O)c4cccc5cccc(c45)C3=O)c2)cc1. The molecular formula is C27H18N2O5. The molecule has 0 radical (unpaired) electrons. The minimum absolute atomic E-state index is 0.271. The lowest BCUT2D eigenvalue weighted by atomic mass is 9.93. The average molecular weight is 450 g/mol. The van der Waals surface area contributed by atoms with E-state index in [0.29, 0.717) is 33.5 Å². The maximum Gasteiger partial charge on any atom is 0.337 e. The molecule has 0 saturated carbocycles. The summed E-state index contributed by atoms with van der Waals surface area (Å²) in [6.45, 7) is 0. The van der Waals surface area contributed by atoms with Gasteiger partial charge in [0.25, 0.3) is 17.7 Å². The van der Waals surface area contributed by atoms with E-state index in [9.17, 15) is 19.2 Å². The monoisotopic (exact) mass is 450 g/mol. The molecule has 0 aromatic heterocycles. The van der Waals surface area contributed by atoms with Crippen molar-refractivity contribution in [3.63, 3.8) is 0 Å². The molecule has 0 unspecified atom stereocenters. The Morgan fingerprint density at radius 2 is 1.38 bits per heavy atom. The van der Waals surface area contributed by atoms with Gasteiger partial charge in [-0.05, 0) is 60.0 Å². The third-order valence-corrected chi connectivity index (χ3v) is 5.70. The van der Waals surface area contributed by atoms with Gasteiger partial charge in [-0.2, -0.15) is 0 Å². The van der Waals surface area contributed by atoms with E-state index in [1.54, 1.807) is 66.7 Å². The number of carbonyl (C=O) groups excluding carboxylic acids is 4. The number of benzene rings is 4. The van der Waals surface area contributed by atoms with E-state index in [-0.39, 0.29) is 5.56 Å². The molecule has 4 aromatic rings. The van der Waals surface area contributed by atoms with Crippen LogP contribution in [0.1, 0.15) is 41.4 Å². The van der Waals surface area contributed by atoms with Gasteiger partial charge in [0.15, 0.2) is 0 Å². The number of nitrogens with zero attached hydrogens (tertiary/aromatic N) is 1. The molecule has 0 fully saturated rings. The Kier molecular flexibility index (Phi) is 5.14. The fourth-order valence-corrected chi connectivity index (χ4v) is 4.06. The molecule has 0 aliphatic carbocycles. The summed E-state index contributed by atoms with van der Waals surface area (Å²) in [5, 5.41) is 4.21. The van der Waals surface area contributed by atoms with Crippen molar-refractivity contribution in [2.45, 2.75) is 0 Å². The highest BCUT2D eigenvalue weighted by Crippen LogP contribution is 2.33. The van der Waals surface area contributed by atoms with Crippen LogP contribution in [0.5, 0.6) is 0 Å². The highest BCUT2D eigenvalue weighted by Gasteiger charge is 2.34. The summed E-state index contributed by atoms with van der Waals surface area (Å²) >= 11 is 0. The second-order valence-electron chi connectivity index (χ2n) is 7.73. The molecule has 166 valence electrons. The summed E-state index contributed by atoms with van der Waals surface area (Å²) in [7, 11) is 1.29. The second kappa shape index (κ2) is 8.29. The largest absolute Gasteiger partial charge is 0.465 e. The van der Waals surface area contributed by atoms with Crippen LogP contribution in [-0.2, 0) is 4.74 Å². The minimum Gasteiger partial charge on any atom is -0.465 e. The third kappa shape index (κ3) is 3.49. The van der Waals surface area contributed by atoms with Crippen molar-refractivity contribution in [3.05, 3.63) is 107 Å². The molecule has 0 bridgehead atoms. The van der Waals surface area contributed by atoms with Crippen LogP contribution in [0.3, 0.4) is 0 Å². The summed E-state index contributed by atoms with van der Waals surface area (Å²) in [6, 6.07) is 23.3. The number of carbonyl (C=O) groups is 4. The molecular weight excluding hydrogens is 432 g/mol. The molecule has 1 N–H and O–H groups in total. The van der Waals surface area contributed by atoms with Gasteiger partial charge in [0, 0.05) is 27.8 Å². The van der Waals surface area contributed by atoms with Crippen molar-refractivity contribution in [2.75, 3.05) is 17.3 Å². The summed E-state index contributed by atoms with van der Waals surface area (Å²) in [6.07, 6.45) is 0. The number of esters is 1. The first-order valence-electron chi connectivity index (χ1n) is 10.5. The van der Waals surface area contributed by atoms with E-state index in [4.69, 9.17) is 0 Å². The molecule has 4 aromatic carbocycles. The van der Waals surface area contributed by atoms with E-state index in [1.807, 2.05) is 12.1 Å². The van der Waals surface area contributed by atoms with E-state index >= 15 is 0 Å². The first-order valence-corrected chi connectivity index (χ1v) is 10.5. The third-order valence-electron chi connectivity index (χ3n) is 5.70. The molecule has 1 heterocycles. The molecule has 0 saturated heterocycles. The van der Waals surface area contributed by atoms with Crippen LogP contribution < -0.4 is 10.2 Å². The molecule has 7 heteroatoms. The van der Waals surface area contributed by atoms with Gasteiger partial charge < -0.3 is 10.1 Å². The van der Waals surface area contributed by atoms with Crippen molar-refractivity contribution in [1.29, 1.82) is 0 Å². The fraction of sp³-hybridized carbons (Fsp3) is 0.0370. The van der Waals surface area contributed by atoms with Gasteiger partial charge in [-0.25, -0.2) is 9.69 Å². The van der Waals surface area contributed by atoms with Gasteiger partial charge in [0.1, 0.15) is 0 Å². The van der Waals surface area contributed by atoms with Gasteiger partial charge in [0.05, 0.1) is 18.4 Å². The van der Waals surface area contributed by atoms with Gasteiger partial charge in [-0.3, -0.25) is 14.4 Å². The topological polar surface area (TPSA) is 92.8 Å². The lowest BCUT2D eigenvalue weighted by molar-refractivity contribution is 0.0600. The zero-order valence-electron chi connectivity index (χ0n) is 18.1. The van der Waals surface area contributed by atoms with Crippen LogP contribution in [-0.4, -0.2) is 30.8 Å². The molecule has 0 spiro atoms. The number of hydrogen-bond donors (Lipinski definition) is 1. The molecule has 34 heavy (non-hydrogen) atoms. The normalized spacial score (nSPS) is 12.6. The number of nitrogens with one attached hydrogen (secondary N) is 1. The van der Waals surface area contributed by atoms with Crippen LogP contribution in [0.25, 0.3) is 10.8 Å². The highest BCUT2D eigenvalue weighted by atomic mass is 16.5. The summed E-state index contributed by atoms with van der Waals surface area (Å²) in [4.78, 5) is 52.1. The van der Waals surface area contributed by atoms with Gasteiger partial charge in [-0.1, -0.05) is 30.3 Å². The van der Waals surface area contributed by atoms with Gasteiger partial charge in [-0.15, -0.1) is 0 Å². The Morgan fingerprint density at radius 1 is 0.765 bits per heavy atom. The number of hydrogen-bond acceptors (Lipinski definition) is 5. The molecule has 7 nitrogen and oxygen atoms in total. The molecule has 5 rings (SSSR count). The highest BCUT2D eigenvalue weighted by molar-refractivity contribution is 6.35. The average Bonchev–Trinajstić information content (AvgIpc) is 2.87. The number of methoxy groups -OCH3 is 1. The Hall–Kier alpha value is -4.78. The number of rotatable bonds is 4. The van der Waals surface area contributed by atoms with Crippen molar-refractivity contribution >= 4 is 45.8 Å². The van der Waals surface area contributed by atoms with E-state index in [1.165, 1.54) is 13.2 Å². The number of anilines is 2. The predicted octanol–water partition coefficient (Wildman–Crippen LogP) is 4.68. The van der Waals surface area contributed by atoms with Crippen LogP contribution >= 0.6 is 0 Å². The lowest BCUT2D eigenvalue weighted by Gasteiger charge is -2.27. The van der Waals surface area contributed by atoms with Crippen LogP contribution in [0, 0.1) is 0 Å². The summed E-state index contributed by atoms with van der Waals surface area (Å²) in [5.41, 5.74) is 2.29. The maximum absolute atomic E-state index is 13.3. The zero-order valence-corrected chi connectivity index (χ0v) is 18.1. The lowest BCUT2D eigenvalue weighted by Crippen LogP contribution is -2.40. The fourth-order valence-electron chi connectivity index (χ4n) is 4.06. The standard InChI is InChI=1S/C27H18N2O5/c1-34-27(33)17-11-13-19(14-12-17)28-24(30)18-7-2-8-20(15-18)29-25(31)21-9-3-5-16-6-4-10-22(23(16)21)26(29)32/h2-15H,1H3,(H,28,30). The molecule has 3 amide bonds. The Morgan fingerprint density at radius 3 is 2.00 bits per heavy atom. The summed E-state index contributed by atoms with van der Waals surface area (Å²) in [5.74, 6) is -1.78. The van der Waals surface area contributed by atoms with Crippen molar-refractivity contribution in [3.8, 4) is 0 Å². The van der Waals surface area contributed by atoms with Gasteiger partial charge >= 0.3 is 5.97 Å². The van der Waals surface area contributed by atoms with Crippen LogP contribution in [0.15, 0.2) is 84.9 Å². The van der Waals surface area contributed by atoms with Crippen LogP contribution in [0.2, 0.25) is 0 Å². The first-order chi connectivity index (χ1) is 16.5. The zero-order chi connectivity index (χ0) is 23.8. The maximum atomic E-state index is 13.3. The molecule has 1 aliphatic rings. The smallest absolute Gasteiger partial charge is 0.337 e. The summed E-state index contributed by atoms with van der Waals surface area (Å²) < 4.78 is 4.67. The molecule has 1 aliphatic heterocycles. The van der Waals surface area contributed by atoms with E-state index in [2.05, 4.69) is 10.1 Å². The Balaban J connectivity index is 1.44. The Bertz CT molecular complexity index is 1440. The predicted molar refractivity (Wildman–Crippen MR) is 127 cm³/mol. The second-order valence-corrected chi connectivity index (χ2v) is 7.73. The molecule has 0 atom stereocenters. The van der Waals surface area contributed by atoms with E-state index in [0.717, 1.165) is 10.3 Å². The Labute approximate surface area is 194 Å². The minimum atomic E-state index is -0.473. The van der Waals surface area contributed by atoms with E-state index < -0.39 is 23.7 Å². The number of amides is 3. The number of ether oxygens (including phenoxy) is 1. The van der Waals surface area contributed by atoms with Gasteiger partial charge in [0.2, 0.25) is 0 Å². The van der Waals surface area contributed by atoms with Crippen molar-refractivity contribution in [1.82, 2.24) is 0 Å². The number of imide groups is 1. The van der Waals surface area contributed by atoms with Crippen molar-refractivity contribution < 1.29 is 23.9 Å². The van der Waals surface area contributed by atoms with Crippen molar-refractivity contribution in [2.24, 2.45) is 0 Å². The van der Waals surface area contributed by atoms with Crippen LogP contribution in [0.4, 0.5) is 11.4 Å². The quantitative estimate of drug-likeness (QED) is 0.360.